The monoisotopic (exact) mass is 833 g/mol. The van der Waals surface area contributed by atoms with E-state index in [1.807, 2.05) is 0 Å². The highest BCUT2D eigenvalue weighted by Gasteiger charge is 2.51. The Kier molecular flexibility index (Phi) is 33.2. The number of carbonyl (C=O) groups is 1. The van der Waals surface area contributed by atoms with Crippen LogP contribution in [0.4, 0.5) is 0 Å². The highest BCUT2D eigenvalue weighted by atomic mass is 31.2. The molecule has 0 aromatic carbocycles. The lowest BCUT2D eigenvalue weighted by atomic mass is 9.85. The van der Waals surface area contributed by atoms with Crippen molar-refractivity contribution >= 4 is 13.8 Å². The van der Waals surface area contributed by atoms with Crippen LogP contribution in [0.2, 0.25) is 0 Å². The largest absolute Gasteiger partial charge is 0.472 e. The van der Waals surface area contributed by atoms with Crippen molar-refractivity contribution in [2.75, 3.05) is 19.8 Å². The first-order valence-corrected chi connectivity index (χ1v) is 23.8. The van der Waals surface area contributed by atoms with Gasteiger partial charge in [0.15, 0.2) is 0 Å². The first kappa shape index (κ1) is 53.6. The summed E-state index contributed by atoms with van der Waals surface area (Å²) in [7, 11) is -5.01. The summed E-state index contributed by atoms with van der Waals surface area (Å²) in [5.41, 5.74) is 0. The van der Waals surface area contributed by atoms with Crippen LogP contribution < -0.4 is 0 Å². The molecule has 0 heterocycles. The summed E-state index contributed by atoms with van der Waals surface area (Å²) in [4.78, 5) is 23.1. The van der Waals surface area contributed by atoms with Gasteiger partial charge < -0.3 is 39.9 Å². The van der Waals surface area contributed by atoms with E-state index in [4.69, 9.17) is 18.5 Å². The van der Waals surface area contributed by atoms with Gasteiger partial charge in [0, 0.05) is 13.0 Å². The van der Waals surface area contributed by atoms with Gasteiger partial charge in [0.25, 0.3) is 0 Å². The normalized spacial score (nSPS) is 23.2. The van der Waals surface area contributed by atoms with Gasteiger partial charge in [-0.1, -0.05) is 153 Å². The summed E-state index contributed by atoms with van der Waals surface area (Å²) in [6, 6.07) is 0. The fourth-order valence-electron chi connectivity index (χ4n) is 6.66. The molecule has 1 aliphatic carbocycles. The summed E-state index contributed by atoms with van der Waals surface area (Å²) < 4.78 is 34.0. The third-order valence-electron chi connectivity index (χ3n) is 10.3. The average Bonchev–Trinajstić information content (AvgIpc) is 3.19. The molecule has 0 radical (unpaired) electrons. The lowest BCUT2D eigenvalue weighted by Gasteiger charge is -2.41. The number of rotatable bonds is 37. The Morgan fingerprint density at radius 3 is 1.49 bits per heavy atom. The number of phosphoric ester groups is 1. The van der Waals surface area contributed by atoms with Crippen molar-refractivity contribution in [3.63, 3.8) is 0 Å². The molecule has 12 nitrogen and oxygen atoms in total. The fraction of sp³-hybridized carbons (Fsp3) is 0.841. The van der Waals surface area contributed by atoms with Crippen molar-refractivity contribution in [3.8, 4) is 0 Å². The van der Waals surface area contributed by atoms with E-state index < -0.39 is 63.1 Å². The summed E-state index contributed by atoms with van der Waals surface area (Å²) >= 11 is 0. The molecule has 0 saturated heterocycles. The van der Waals surface area contributed by atoms with Gasteiger partial charge in [-0.15, -0.1) is 0 Å². The van der Waals surface area contributed by atoms with Gasteiger partial charge in [0.05, 0.1) is 13.2 Å². The van der Waals surface area contributed by atoms with Crippen molar-refractivity contribution in [2.24, 2.45) is 0 Å². The molecule has 0 bridgehead atoms. The number of carbonyl (C=O) groups excluding carboxylic acids is 1. The Bertz CT molecular complexity index is 1090. The Morgan fingerprint density at radius 2 is 0.982 bits per heavy atom. The van der Waals surface area contributed by atoms with Gasteiger partial charge in [0.2, 0.25) is 0 Å². The number of hydrogen-bond donors (Lipinski definition) is 6. The van der Waals surface area contributed by atoms with Gasteiger partial charge >= 0.3 is 13.8 Å². The van der Waals surface area contributed by atoms with Gasteiger partial charge in [-0.05, 0) is 51.4 Å². The summed E-state index contributed by atoms with van der Waals surface area (Å²) in [5, 5.41) is 50.0. The first-order chi connectivity index (χ1) is 27.5. The number of ether oxygens (including phenoxy) is 2. The molecular formula is C44H81O12P. The standard InChI is InChI=1S/C44H81O12P/c1-3-5-7-9-11-13-14-15-16-17-18-19-20-21-22-23-24-25-27-29-31-33-38(45)55-37(35-53-34-32-30-28-26-12-10-8-6-4-2)36-54-57(51,52)56-44-42(49)40(47)39(46)41(48)43(44)50/h14-15,17-18,20-21,37,39-44,46-50H,3-13,16,19,22-36H2,1-2H3,(H,51,52)/b15-14-,18-17-,21-20-. The van der Waals surface area contributed by atoms with Crippen molar-refractivity contribution < 1.29 is 58.3 Å². The van der Waals surface area contributed by atoms with Crippen LogP contribution in [0.1, 0.15) is 174 Å². The molecule has 13 heteroatoms. The minimum absolute atomic E-state index is 0.0809. The predicted octanol–water partition coefficient (Wildman–Crippen LogP) is 8.70. The van der Waals surface area contributed by atoms with Crippen LogP contribution in [0.5, 0.6) is 0 Å². The molecule has 6 atom stereocenters. The Balaban J connectivity index is 2.37. The maximum absolute atomic E-state index is 12.8. The zero-order valence-electron chi connectivity index (χ0n) is 35.4. The van der Waals surface area contributed by atoms with E-state index >= 15 is 0 Å². The Hall–Kier alpha value is -1.44. The minimum atomic E-state index is -5.01. The first-order valence-electron chi connectivity index (χ1n) is 22.3. The number of esters is 1. The molecule has 0 spiro atoms. The average molecular weight is 833 g/mol. The van der Waals surface area contributed by atoms with Crippen LogP contribution in [-0.2, 0) is 27.9 Å². The number of hydrogen-bond acceptors (Lipinski definition) is 11. The summed E-state index contributed by atoms with van der Waals surface area (Å²) in [5.74, 6) is -0.490. The predicted molar refractivity (Wildman–Crippen MR) is 226 cm³/mol. The number of aliphatic hydroxyl groups excluding tert-OH is 5. The van der Waals surface area contributed by atoms with E-state index in [0.717, 1.165) is 70.6 Å². The number of phosphoric acid groups is 1. The Morgan fingerprint density at radius 1 is 0.561 bits per heavy atom. The van der Waals surface area contributed by atoms with Crippen molar-refractivity contribution in [2.45, 2.75) is 217 Å². The van der Waals surface area contributed by atoms with Crippen molar-refractivity contribution in [1.29, 1.82) is 0 Å². The van der Waals surface area contributed by atoms with Gasteiger partial charge in [-0.2, -0.15) is 0 Å². The molecule has 0 aromatic heterocycles. The minimum Gasteiger partial charge on any atom is -0.457 e. The Labute approximate surface area is 344 Å². The lowest BCUT2D eigenvalue weighted by molar-refractivity contribution is -0.220. The second kappa shape index (κ2) is 35.3. The molecule has 0 aliphatic heterocycles. The maximum atomic E-state index is 12.8. The van der Waals surface area contributed by atoms with Crippen molar-refractivity contribution in [3.05, 3.63) is 36.5 Å². The maximum Gasteiger partial charge on any atom is 0.472 e. The smallest absolute Gasteiger partial charge is 0.457 e. The molecule has 1 saturated carbocycles. The lowest BCUT2D eigenvalue weighted by Crippen LogP contribution is -2.64. The van der Waals surface area contributed by atoms with Gasteiger partial charge in [-0.25, -0.2) is 4.57 Å². The summed E-state index contributed by atoms with van der Waals surface area (Å²) in [6.45, 7) is 4.20. The topological polar surface area (TPSA) is 192 Å². The van der Waals surface area contributed by atoms with E-state index in [1.54, 1.807) is 0 Å². The van der Waals surface area contributed by atoms with Crippen LogP contribution in [0, 0.1) is 0 Å². The molecule has 0 amide bonds. The second-order valence-electron chi connectivity index (χ2n) is 15.6. The number of aliphatic hydroxyl groups is 5. The number of unbranched alkanes of at least 4 members (excludes halogenated alkanes) is 19. The van der Waals surface area contributed by atoms with Crippen molar-refractivity contribution in [1.82, 2.24) is 0 Å². The second-order valence-corrected chi connectivity index (χ2v) is 17.0. The molecular weight excluding hydrogens is 751 g/mol. The van der Waals surface area contributed by atoms with E-state index in [0.29, 0.717) is 13.0 Å². The quantitative estimate of drug-likeness (QED) is 0.0151. The van der Waals surface area contributed by atoms with E-state index in [9.17, 15) is 39.8 Å². The molecule has 6 unspecified atom stereocenters. The SMILES string of the molecule is CCCCCCC/C=C\C/C=C\C/C=C\CCCCCCCCC(=O)OC(COCCCCCCCCCCC)COP(=O)(O)OC1C(O)C(O)C(O)C(O)C1O. The van der Waals surface area contributed by atoms with Gasteiger partial charge in [0.1, 0.15) is 42.7 Å². The van der Waals surface area contributed by atoms with Crippen LogP contribution in [0.15, 0.2) is 36.5 Å². The van der Waals surface area contributed by atoms with Crippen LogP contribution in [0.25, 0.3) is 0 Å². The highest BCUT2D eigenvalue weighted by molar-refractivity contribution is 7.47. The molecule has 1 aliphatic rings. The molecule has 334 valence electrons. The third kappa shape index (κ3) is 27.9. The van der Waals surface area contributed by atoms with Crippen LogP contribution >= 0.6 is 7.82 Å². The van der Waals surface area contributed by atoms with E-state index in [-0.39, 0.29) is 13.0 Å². The van der Waals surface area contributed by atoms with E-state index in [2.05, 4.69) is 50.3 Å². The van der Waals surface area contributed by atoms with Crippen LogP contribution in [0.3, 0.4) is 0 Å². The van der Waals surface area contributed by atoms with E-state index in [1.165, 1.54) is 77.0 Å². The highest BCUT2D eigenvalue weighted by Crippen LogP contribution is 2.47. The number of allylic oxidation sites excluding steroid dienone is 6. The zero-order valence-corrected chi connectivity index (χ0v) is 36.3. The molecule has 0 aromatic rings. The molecule has 1 rings (SSSR count). The molecule has 1 fully saturated rings. The summed E-state index contributed by atoms with van der Waals surface area (Å²) in [6.07, 6.45) is 28.0. The molecule has 6 N–H and O–H groups in total. The van der Waals surface area contributed by atoms with Crippen LogP contribution in [-0.4, -0.2) is 98.9 Å². The molecule has 57 heavy (non-hydrogen) atoms. The third-order valence-corrected chi connectivity index (χ3v) is 11.3. The fourth-order valence-corrected chi connectivity index (χ4v) is 7.63. The van der Waals surface area contributed by atoms with Gasteiger partial charge in [-0.3, -0.25) is 13.8 Å². The zero-order chi connectivity index (χ0) is 42.0.